The standard InChI is InChI=1S/C17H12Cl2O2/c1-17(2)12-6-4-3-5-9(12)10-7-8-11(15(18)20)13(14(10)17)16(19)21/h3-8H,1-2H3. The Balaban J connectivity index is 2.45. The fourth-order valence-corrected chi connectivity index (χ4v) is 3.60. The van der Waals surface area contributed by atoms with Gasteiger partial charge in [0.1, 0.15) is 0 Å². The van der Waals surface area contributed by atoms with Gasteiger partial charge in [-0.05, 0) is 51.5 Å². The van der Waals surface area contributed by atoms with Gasteiger partial charge >= 0.3 is 0 Å². The first kappa shape index (κ1) is 14.3. The molecule has 0 heterocycles. The SMILES string of the molecule is CC1(C)c2ccccc2-c2ccc(C(=O)Cl)c(C(=O)Cl)c21. The minimum absolute atomic E-state index is 0.163. The molecule has 3 rings (SSSR count). The summed E-state index contributed by atoms with van der Waals surface area (Å²) in [5, 5.41) is -1.33. The van der Waals surface area contributed by atoms with Crippen molar-refractivity contribution in [2.24, 2.45) is 0 Å². The van der Waals surface area contributed by atoms with Crippen LogP contribution in [0.1, 0.15) is 45.7 Å². The lowest BCUT2D eigenvalue weighted by atomic mass is 9.79. The third-order valence-corrected chi connectivity index (χ3v) is 4.52. The Labute approximate surface area is 132 Å². The summed E-state index contributed by atoms with van der Waals surface area (Å²) in [5.41, 5.74) is 3.85. The van der Waals surface area contributed by atoms with Gasteiger partial charge < -0.3 is 0 Å². The Hall–Kier alpha value is -1.64. The molecule has 106 valence electrons. The molecule has 4 heteroatoms. The van der Waals surface area contributed by atoms with E-state index in [0.29, 0.717) is 0 Å². The zero-order chi connectivity index (χ0) is 15.4. The van der Waals surface area contributed by atoms with Crippen molar-refractivity contribution in [3.05, 3.63) is 58.7 Å². The van der Waals surface area contributed by atoms with E-state index in [9.17, 15) is 9.59 Å². The minimum atomic E-state index is -0.673. The van der Waals surface area contributed by atoms with Crippen molar-refractivity contribution >= 4 is 33.7 Å². The van der Waals surface area contributed by atoms with E-state index in [1.54, 1.807) is 6.07 Å². The highest BCUT2D eigenvalue weighted by Crippen LogP contribution is 2.50. The monoisotopic (exact) mass is 318 g/mol. The van der Waals surface area contributed by atoms with E-state index in [1.807, 2.05) is 44.2 Å². The molecule has 0 saturated carbocycles. The molecule has 0 spiro atoms. The smallest absolute Gasteiger partial charge is 0.253 e. The fourth-order valence-electron chi connectivity index (χ4n) is 3.24. The van der Waals surface area contributed by atoms with Crippen LogP contribution < -0.4 is 0 Å². The number of fused-ring (bicyclic) bond motifs is 3. The summed E-state index contributed by atoms with van der Waals surface area (Å²) in [6.07, 6.45) is 0. The molecule has 0 aliphatic heterocycles. The summed E-state index contributed by atoms with van der Waals surface area (Å²) in [4.78, 5) is 23.5. The first-order valence-electron chi connectivity index (χ1n) is 6.52. The van der Waals surface area contributed by atoms with Crippen molar-refractivity contribution in [1.82, 2.24) is 0 Å². The van der Waals surface area contributed by atoms with E-state index < -0.39 is 15.9 Å². The maximum Gasteiger partial charge on any atom is 0.253 e. The fraction of sp³-hybridized carbons (Fsp3) is 0.176. The number of hydrogen-bond donors (Lipinski definition) is 0. The average Bonchev–Trinajstić information content (AvgIpc) is 2.67. The van der Waals surface area contributed by atoms with Crippen molar-refractivity contribution in [2.45, 2.75) is 19.3 Å². The second kappa shape index (κ2) is 4.69. The van der Waals surface area contributed by atoms with Crippen LogP contribution in [0.15, 0.2) is 36.4 Å². The van der Waals surface area contributed by atoms with Gasteiger partial charge in [0.25, 0.3) is 10.5 Å². The normalized spacial score (nSPS) is 14.5. The molecular formula is C17H12Cl2O2. The number of carbonyl (C=O) groups is 2. The Bertz CT molecular complexity index is 791. The first-order chi connectivity index (χ1) is 9.85. The number of hydrogen-bond acceptors (Lipinski definition) is 2. The molecule has 21 heavy (non-hydrogen) atoms. The van der Waals surface area contributed by atoms with Crippen molar-refractivity contribution in [3.63, 3.8) is 0 Å². The van der Waals surface area contributed by atoms with Crippen molar-refractivity contribution in [1.29, 1.82) is 0 Å². The molecule has 0 N–H and O–H groups in total. The summed E-state index contributed by atoms with van der Waals surface area (Å²) in [7, 11) is 0. The lowest BCUT2D eigenvalue weighted by Crippen LogP contribution is -2.20. The summed E-state index contributed by atoms with van der Waals surface area (Å²) >= 11 is 11.4. The summed E-state index contributed by atoms with van der Waals surface area (Å²) in [5.74, 6) is 0. The van der Waals surface area contributed by atoms with E-state index in [-0.39, 0.29) is 11.1 Å². The van der Waals surface area contributed by atoms with Crippen LogP contribution in [0, 0.1) is 0 Å². The minimum Gasteiger partial charge on any atom is -0.276 e. The summed E-state index contributed by atoms with van der Waals surface area (Å²) < 4.78 is 0. The molecule has 2 nitrogen and oxygen atoms in total. The maximum absolute atomic E-state index is 11.9. The predicted octanol–water partition coefficient (Wildman–Crippen LogP) is 4.75. The van der Waals surface area contributed by atoms with Crippen LogP contribution in [0.2, 0.25) is 0 Å². The Morgan fingerprint density at radius 1 is 0.905 bits per heavy atom. The molecule has 2 aromatic carbocycles. The second-order valence-corrected chi connectivity index (χ2v) is 6.32. The van der Waals surface area contributed by atoms with E-state index in [0.717, 1.165) is 22.3 Å². The molecule has 0 unspecified atom stereocenters. The highest BCUT2D eigenvalue weighted by atomic mass is 35.5. The topological polar surface area (TPSA) is 34.1 Å². The van der Waals surface area contributed by atoms with Gasteiger partial charge in [0.15, 0.2) is 0 Å². The van der Waals surface area contributed by atoms with Crippen molar-refractivity contribution in [2.75, 3.05) is 0 Å². The quantitative estimate of drug-likeness (QED) is 0.749. The third-order valence-electron chi connectivity index (χ3n) is 4.13. The van der Waals surface area contributed by atoms with Gasteiger partial charge in [-0.25, -0.2) is 0 Å². The molecule has 1 aliphatic rings. The molecular weight excluding hydrogens is 307 g/mol. The van der Waals surface area contributed by atoms with Crippen molar-refractivity contribution in [3.8, 4) is 11.1 Å². The third kappa shape index (κ3) is 1.94. The number of halogens is 2. The molecule has 0 fully saturated rings. The largest absolute Gasteiger partial charge is 0.276 e. The lowest BCUT2D eigenvalue weighted by Gasteiger charge is -2.24. The highest BCUT2D eigenvalue weighted by molar-refractivity contribution is 6.72. The van der Waals surface area contributed by atoms with Crippen LogP contribution in [0.25, 0.3) is 11.1 Å². The van der Waals surface area contributed by atoms with Gasteiger partial charge in [0, 0.05) is 11.0 Å². The number of carbonyl (C=O) groups excluding carboxylic acids is 2. The maximum atomic E-state index is 11.9. The Morgan fingerprint density at radius 3 is 2.19 bits per heavy atom. The van der Waals surface area contributed by atoms with Gasteiger partial charge in [-0.2, -0.15) is 0 Å². The molecule has 0 aromatic heterocycles. The van der Waals surface area contributed by atoms with Crippen molar-refractivity contribution < 1.29 is 9.59 Å². The van der Waals surface area contributed by atoms with E-state index >= 15 is 0 Å². The number of rotatable bonds is 2. The van der Waals surface area contributed by atoms with Gasteiger partial charge in [0.2, 0.25) is 0 Å². The molecule has 0 atom stereocenters. The van der Waals surface area contributed by atoms with Crippen LogP contribution >= 0.6 is 23.2 Å². The van der Waals surface area contributed by atoms with Crippen LogP contribution in [-0.2, 0) is 5.41 Å². The lowest BCUT2D eigenvalue weighted by molar-refractivity contribution is 0.105. The molecule has 0 radical (unpaired) electrons. The van der Waals surface area contributed by atoms with E-state index in [1.165, 1.54) is 0 Å². The molecule has 1 aliphatic carbocycles. The van der Waals surface area contributed by atoms with Crippen LogP contribution in [-0.4, -0.2) is 10.5 Å². The molecule has 0 amide bonds. The predicted molar refractivity (Wildman–Crippen MR) is 84.4 cm³/mol. The highest BCUT2D eigenvalue weighted by Gasteiger charge is 2.39. The summed E-state index contributed by atoms with van der Waals surface area (Å²) in [6, 6.07) is 11.4. The zero-order valence-corrected chi connectivity index (χ0v) is 13.0. The van der Waals surface area contributed by atoms with Gasteiger partial charge in [-0.1, -0.05) is 44.2 Å². The second-order valence-electron chi connectivity index (χ2n) is 5.63. The van der Waals surface area contributed by atoms with Gasteiger partial charge in [-0.3, -0.25) is 9.59 Å². The summed E-state index contributed by atoms with van der Waals surface area (Å²) in [6.45, 7) is 4.03. The Kier molecular flexibility index (Phi) is 3.19. The van der Waals surface area contributed by atoms with E-state index in [4.69, 9.17) is 23.2 Å². The Morgan fingerprint density at radius 2 is 1.57 bits per heavy atom. The molecule has 0 bridgehead atoms. The molecule has 2 aromatic rings. The zero-order valence-electron chi connectivity index (χ0n) is 11.5. The van der Waals surface area contributed by atoms with E-state index in [2.05, 4.69) is 0 Å². The molecule has 0 saturated heterocycles. The van der Waals surface area contributed by atoms with Crippen LogP contribution in [0.3, 0.4) is 0 Å². The van der Waals surface area contributed by atoms with Gasteiger partial charge in [0.05, 0.1) is 5.56 Å². The number of benzene rings is 2. The average molecular weight is 319 g/mol. The van der Waals surface area contributed by atoms with Gasteiger partial charge in [-0.15, -0.1) is 0 Å². The first-order valence-corrected chi connectivity index (χ1v) is 7.28. The van der Waals surface area contributed by atoms with Crippen LogP contribution in [0.5, 0.6) is 0 Å². The van der Waals surface area contributed by atoms with Crippen LogP contribution in [0.4, 0.5) is 0 Å².